The normalized spacial score (nSPS) is 26.1. The Bertz CT molecular complexity index is 372. The third kappa shape index (κ3) is 2.85. The van der Waals surface area contributed by atoms with Crippen LogP contribution in [0.25, 0.3) is 0 Å². The van der Waals surface area contributed by atoms with Gasteiger partial charge in [0.25, 0.3) is 0 Å². The number of halogens is 1. The van der Waals surface area contributed by atoms with Gasteiger partial charge in [0.1, 0.15) is 5.82 Å². The molecule has 1 aromatic rings. The van der Waals surface area contributed by atoms with E-state index in [2.05, 4.69) is 10.2 Å². The number of hydrogen-bond donors (Lipinski definition) is 1. The van der Waals surface area contributed by atoms with Crippen molar-refractivity contribution >= 4 is 0 Å². The first-order valence-corrected chi connectivity index (χ1v) is 6.51. The van der Waals surface area contributed by atoms with Gasteiger partial charge < -0.3 is 5.32 Å². The van der Waals surface area contributed by atoms with Gasteiger partial charge >= 0.3 is 0 Å². The van der Waals surface area contributed by atoms with Crippen molar-refractivity contribution < 1.29 is 4.39 Å². The number of nitrogens with one attached hydrogen (secondary N) is 1. The van der Waals surface area contributed by atoms with Gasteiger partial charge in [0.15, 0.2) is 0 Å². The van der Waals surface area contributed by atoms with Crippen LogP contribution in [0.2, 0.25) is 0 Å². The standard InChI is InChI=1S/C14H19FN2/c15-13-5-1-11(2-6-13)9-17-8-7-16-14(10-17)12-3-4-12/h1-2,5-6,12,14,16H,3-4,7-10H2. The van der Waals surface area contributed by atoms with Crippen LogP contribution < -0.4 is 5.32 Å². The summed E-state index contributed by atoms with van der Waals surface area (Å²) in [5.41, 5.74) is 1.21. The highest BCUT2D eigenvalue weighted by molar-refractivity contribution is 5.16. The van der Waals surface area contributed by atoms with Gasteiger partial charge in [-0.1, -0.05) is 12.1 Å². The van der Waals surface area contributed by atoms with E-state index in [1.165, 1.54) is 18.4 Å². The summed E-state index contributed by atoms with van der Waals surface area (Å²) in [4.78, 5) is 2.48. The van der Waals surface area contributed by atoms with Crippen LogP contribution in [0.4, 0.5) is 4.39 Å². The first-order valence-electron chi connectivity index (χ1n) is 6.51. The minimum absolute atomic E-state index is 0.148. The van der Waals surface area contributed by atoms with Crippen LogP contribution in [0.15, 0.2) is 24.3 Å². The van der Waals surface area contributed by atoms with E-state index < -0.39 is 0 Å². The summed E-state index contributed by atoms with van der Waals surface area (Å²) in [5, 5.41) is 3.60. The van der Waals surface area contributed by atoms with E-state index in [9.17, 15) is 4.39 Å². The van der Waals surface area contributed by atoms with Crippen LogP contribution >= 0.6 is 0 Å². The van der Waals surface area contributed by atoms with Crippen LogP contribution in [0.1, 0.15) is 18.4 Å². The SMILES string of the molecule is Fc1ccc(CN2CCNC(C3CC3)C2)cc1. The smallest absolute Gasteiger partial charge is 0.123 e. The summed E-state index contributed by atoms with van der Waals surface area (Å²) < 4.78 is 12.8. The molecule has 0 aromatic heterocycles. The molecule has 3 rings (SSSR count). The lowest BCUT2D eigenvalue weighted by atomic mass is 10.1. The highest BCUT2D eigenvalue weighted by Crippen LogP contribution is 2.33. The lowest BCUT2D eigenvalue weighted by Crippen LogP contribution is -2.51. The second-order valence-electron chi connectivity index (χ2n) is 5.26. The van der Waals surface area contributed by atoms with Crippen LogP contribution in [0, 0.1) is 11.7 Å². The van der Waals surface area contributed by atoms with Crippen molar-refractivity contribution in [3.05, 3.63) is 35.6 Å². The Morgan fingerprint density at radius 2 is 2.00 bits per heavy atom. The molecule has 0 radical (unpaired) electrons. The van der Waals surface area contributed by atoms with E-state index in [0.717, 1.165) is 32.1 Å². The Morgan fingerprint density at radius 3 is 2.71 bits per heavy atom. The van der Waals surface area contributed by atoms with E-state index in [1.54, 1.807) is 12.1 Å². The van der Waals surface area contributed by atoms with Gasteiger partial charge in [0, 0.05) is 32.2 Å². The largest absolute Gasteiger partial charge is 0.311 e. The van der Waals surface area contributed by atoms with Gasteiger partial charge in [-0.2, -0.15) is 0 Å². The molecule has 2 fully saturated rings. The van der Waals surface area contributed by atoms with Gasteiger partial charge in [-0.05, 0) is 36.5 Å². The fourth-order valence-electron chi connectivity index (χ4n) is 2.65. The van der Waals surface area contributed by atoms with Gasteiger partial charge in [-0.15, -0.1) is 0 Å². The first kappa shape index (κ1) is 11.2. The Balaban J connectivity index is 1.58. The molecule has 1 aliphatic carbocycles. The molecule has 1 saturated heterocycles. The molecule has 3 heteroatoms. The fourth-order valence-corrected chi connectivity index (χ4v) is 2.65. The number of nitrogens with zero attached hydrogens (tertiary/aromatic N) is 1. The molecule has 1 N–H and O–H groups in total. The summed E-state index contributed by atoms with van der Waals surface area (Å²) in [6.07, 6.45) is 2.78. The molecule has 2 aliphatic rings. The second-order valence-corrected chi connectivity index (χ2v) is 5.26. The molecule has 2 nitrogen and oxygen atoms in total. The monoisotopic (exact) mass is 234 g/mol. The number of benzene rings is 1. The second kappa shape index (κ2) is 4.75. The molecule has 1 atom stereocenters. The van der Waals surface area contributed by atoms with Crippen molar-refractivity contribution in [2.45, 2.75) is 25.4 Å². The zero-order valence-corrected chi connectivity index (χ0v) is 10.0. The zero-order chi connectivity index (χ0) is 11.7. The van der Waals surface area contributed by atoms with Gasteiger partial charge in [-0.3, -0.25) is 4.90 Å². The molecule has 0 amide bonds. The quantitative estimate of drug-likeness (QED) is 0.860. The summed E-state index contributed by atoms with van der Waals surface area (Å²) in [5.74, 6) is 0.760. The molecule has 1 unspecified atom stereocenters. The summed E-state index contributed by atoms with van der Waals surface area (Å²) in [6.45, 7) is 4.27. The van der Waals surface area contributed by atoms with E-state index in [-0.39, 0.29) is 5.82 Å². The Morgan fingerprint density at radius 1 is 1.24 bits per heavy atom. The summed E-state index contributed by atoms with van der Waals surface area (Å²) in [7, 11) is 0. The highest BCUT2D eigenvalue weighted by atomic mass is 19.1. The van der Waals surface area contributed by atoms with E-state index >= 15 is 0 Å². The van der Waals surface area contributed by atoms with Crippen LogP contribution in [-0.2, 0) is 6.54 Å². The number of hydrogen-bond acceptors (Lipinski definition) is 2. The minimum Gasteiger partial charge on any atom is -0.311 e. The molecule has 1 saturated carbocycles. The predicted molar refractivity (Wildman–Crippen MR) is 66.2 cm³/mol. The maximum absolute atomic E-state index is 12.8. The van der Waals surface area contributed by atoms with E-state index in [1.807, 2.05) is 12.1 Å². The number of piperazine rings is 1. The molecule has 1 aliphatic heterocycles. The predicted octanol–water partition coefficient (Wildman–Crippen LogP) is 2.01. The Kier molecular flexibility index (Phi) is 3.12. The van der Waals surface area contributed by atoms with E-state index in [4.69, 9.17) is 0 Å². The molecule has 1 heterocycles. The van der Waals surface area contributed by atoms with Crippen molar-refractivity contribution in [3.8, 4) is 0 Å². The number of rotatable bonds is 3. The molecule has 92 valence electrons. The van der Waals surface area contributed by atoms with Gasteiger partial charge in [-0.25, -0.2) is 4.39 Å². The van der Waals surface area contributed by atoms with Gasteiger partial charge in [0.05, 0.1) is 0 Å². The van der Waals surface area contributed by atoms with Crippen molar-refractivity contribution in [3.63, 3.8) is 0 Å². The third-order valence-electron chi connectivity index (χ3n) is 3.80. The molecule has 0 bridgehead atoms. The Labute approximate surface area is 102 Å². The van der Waals surface area contributed by atoms with Crippen LogP contribution in [-0.4, -0.2) is 30.6 Å². The first-order chi connectivity index (χ1) is 8.31. The Hall–Kier alpha value is -0.930. The van der Waals surface area contributed by atoms with E-state index in [0.29, 0.717) is 6.04 Å². The fraction of sp³-hybridized carbons (Fsp3) is 0.571. The van der Waals surface area contributed by atoms with Crippen molar-refractivity contribution in [2.75, 3.05) is 19.6 Å². The highest BCUT2D eigenvalue weighted by Gasteiger charge is 2.33. The van der Waals surface area contributed by atoms with Crippen molar-refractivity contribution in [1.29, 1.82) is 0 Å². The molecule has 0 spiro atoms. The lowest BCUT2D eigenvalue weighted by Gasteiger charge is -2.33. The minimum atomic E-state index is -0.148. The zero-order valence-electron chi connectivity index (χ0n) is 10.0. The molecular weight excluding hydrogens is 215 g/mol. The average molecular weight is 234 g/mol. The average Bonchev–Trinajstić information content (AvgIpc) is 3.17. The molecule has 1 aromatic carbocycles. The van der Waals surface area contributed by atoms with Crippen molar-refractivity contribution in [2.24, 2.45) is 5.92 Å². The summed E-state index contributed by atoms with van der Waals surface area (Å²) >= 11 is 0. The molecule has 17 heavy (non-hydrogen) atoms. The van der Waals surface area contributed by atoms with Crippen LogP contribution in [0.5, 0.6) is 0 Å². The summed E-state index contributed by atoms with van der Waals surface area (Å²) in [6, 6.07) is 7.57. The van der Waals surface area contributed by atoms with Crippen molar-refractivity contribution in [1.82, 2.24) is 10.2 Å². The van der Waals surface area contributed by atoms with Gasteiger partial charge in [0.2, 0.25) is 0 Å². The maximum Gasteiger partial charge on any atom is 0.123 e. The third-order valence-corrected chi connectivity index (χ3v) is 3.80. The maximum atomic E-state index is 12.8. The van der Waals surface area contributed by atoms with Crippen LogP contribution in [0.3, 0.4) is 0 Å². The topological polar surface area (TPSA) is 15.3 Å². The molecular formula is C14H19FN2. The lowest BCUT2D eigenvalue weighted by molar-refractivity contribution is 0.181.